The van der Waals surface area contributed by atoms with Crippen LogP contribution in [0, 0.1) is 17.8 Å². The molecule has 0 spiro atoms. The fraction of sp³-hybridized carbons (Fsp3) is 0.292. The third kappa shape index (κ3) is 4.98. The molecule has 35 heavy (non-hydrogen) atoms. The summed E-state index contributed by atoms with van der Waals surface area (Å²) in [5, 5.41) is 21.8. The molecule has 2 fully saturated rings. The standard InChI is InChI=1S/C24H20ClN5O4S/c1-34-19-12-26-20(25)11-17(19)16-10-14(30-9-8-18(31)23(30)33)5-6-15(16)22(32)27-24-29-28-21(35-24)7-4-13-2-3-13/h5-6,10-13,18,31H,2-3,8-9H2,1H3,(H,27,29,32). The van der Waals surface area contributed by atoms with Crippen LogP contribution in [0.25, 0.3) is 11.1 Å². The summed E-state index contributed by atoms with van der Waals surface area (Å²) in [6, 6.07) is 6.57. The van der Waals surface area contributed by atoms with Crippen LogP contribution in [0.1, 0.15) is 34.6 Å². The first-order chi connectivity index (χ1) is 16.9. The smallest absolute Gasteiger partial charge is 0.258 e. The van der Waals surface area contributed by atoms with Crippen molar-refractivity contribution >= 4 is 45.6 Å². The van der Waals surface area contributed by atoms with Gasteiger partial charge in [0.25, 0.3) is 11.8 Å². The van der Waals surface area contributed by atoms with E-state index in [2.05, 4.69) is 32.3 Å². The number of anilines is 2. The highest BCUT2D eigenvalue weighted by Gasteiger charge is 2.31. The Morgan fingerprint density at radius 2 is 2.09 bits per heavy atom. The Kier molecular flexibility index (Phi) is 6.38. The van der Waals surface area contributed by atoms with Crippen LogP contribution in [-0.2, 0) is 4.79 Å². The highest BCUT2D eigenvalue weighted by molar-refractivity contribution is 7.15. The van der Waals surface area contributed by atoms with Crippen molar-refractivity contribution in [2.45, 2.75) is 25.4 Å². The molecule has 11 heteroatoms. The van der Waals surface area contributed by atoms with Crippen molar-refractivity contribution in [1.29, 1.82) is 0 Å². The van der Waals surface area contributed by atoms with Gasteiger partial charge in [-0.05, 0) is 43.0 Å². The molecule has 3 heterocycles. The molecule has 1 aromatic carbocycles. The lowest BCUT2D eigenvalue weighted by molar-refractivity contribution is -0.123. The average Bonchev–Trinajstić information content (AvgIpc) is 3.49. The number of nitrogens with zero attached hydrogens (tertiary/aromatic N) is 4. The summed E-state index contributed by atoms with van der Waals surface area (Å²) in [5.41, 5.74) is 1.86. The summed E-state index contributed by atoms with van der Waals surface area (Å²) in [7, 11) is 1.49. The number of hydrogen-bond donors (Lipinski definition) is 2. The van der Waals surface area contributed by atoms with Crippen LogP contribution >= 0.6 is 22.9 Å². The number of amides is 2. The molecule has 1 aliphatic heterocycles. The van der Waals surface area contributed by atoms with E-state index in [0.29, 0.717) is 57.1 Å². The molecule has 9 nitrogen and oxygen atoms in total. The molecule has 0 radical (unpaired) electrons. The number of halogens is 1. The van der Waals surface area contributed by atoms with Gasteiger partial charge in [0.1, 0.15) is 17.0 Å². The Labute approximate surface area is 210 Å². The summed E-state index contributed by atoms with van der Waals surface area (Å²) >= 11 is 7.36. The second-order valence-electron chi connectivity index (χ2n) is 8.14. The van der Waals surface area contributed by atoms with Crippen molar-refractivity contribution in [3.63, 3.8) is 0 Å². The minimum Gasteiger partial charge on any atom is -0.494 e. The first kappa shape index (κ1) is 23.2. The lowest BCUT2D eigenvalue weighted by atomic mass is 9.98. The van der Waals surface area contributed by atoms with Crippen molar-refractivity contribution in [3.05, 3.63) is 46.2 Å². The Bertz CT molecular complexity index is 1380. The molecule has 1 saturated carbocycles. The molecule has 2 amide bonds. The van der Waals surface area contributed by atoms with E-state index in [1.165, 1.54) is 29.5 Å². The van der Waals surface area contributed by atoms with Crippen LogP contribution in [-0.4, -0.2) is 51.9 Å². The predicted molar refractivity (Wildman–Crippen MR) is 132 cm³/mol. The molecule has 2 aliphatic rings. The zero-order valence-corrected chi connectivity index (χ0v) is 20.2. The van der Waals surface area contributed by atoms with E-state index < -0.39 is 12.0 Å². The number of carbonyl (C=O) groups is 2. The highest BCUT2D eigenvalue weighted by Crippen LogP contribution is 2.37. The minimum absolute atomic E-state index is 0.216. The van der Waals surface area contributed by atoms with Crippen molar-refractivity contribution < 1.29 is 19.4 Å². The van der Waals surface area contributed by atoms with Gasteiger partial charge < -0.3 is 14.7 Å². The highest BCUT2D eigenvalue weighted by atomic mass is 35.5. The molecular formula is C24H20ClN5O4S. The molecule has 1 saturated heterocycles. The van der Waals surface area contributed by atoms with Crippen LogP contribution in [0.3, 0.4) is 0 Å². The van der Waals surface area contributed by atoms with Crippen LogP contribution in [0.2, 0.25) is 5.15 Å². The van der Waals surface area contributed by atoms with E-state index in [4.69, 9.17) is 16.3 Å². The lowest BCUT2D eigenvalue weighted by Crippen LogP contribution is -2.29. The second kappa shape index (κ2) is 9.62. The lowest BCUT2D eigenvalue weighted by Gasteiger charge is -2.19. The fourth-order valence-corrected chi connectivity index (χ4v) is 4.47. The molecule has 1 unspecified atom stereocenters. The molecule has 178 valence electrons. The van der Waals surface area contributed by atoms with Gasteiger partial charge >= 0.3 is 0 Å². The Balaban J connectivity index is 1.51. The van der Waals surface area contributed by atoms with Gasteiger partial charge in [-0.15, -0.1) is 10.2 Å². The summed E-state index contributed by atoms with van der Waals surface area (Å²) in [6.07, 6.45) is 2.98. The van der Waals surface area contributed by atoms with Crippen LogP contribution in [0.15, 0.2) is 30.5 Å². The summed E-state index contributed by atoms with van der Waals surface area (Å²) in [4.78, 5) is 31.3. The first-order valence-electron chi connectivity index (χ1n) is 10.9. The SMILES string of the molecule is COc1cnc(Cl)cc1-c1cc(N2CCC(O)C2=O)ccc1C(=O)Nc1nnc(C#CC2CC2)s1. The van der Waals surface area contributed by atoms with Gasteiger partial charge in [0.2, 0.25) is 5.13 Å². The minimum atomic E-state index is -1.04. The average molecular weight is 510 g/mol. The van der Waals surface area contributed by atoms with E-state index in [9.17, 15) is 14.7 Å². The fourth-order valence-electron chi connectivity index (χ4n) is 3.71. The maximum absolute atomic E-state index is 13.3. The van der Waals surface area contributed by atoms with E-state index in [1.807, 2.05) is 0 Å². The van der Waals surface area contributed by atoms with Crippen molar-refractivity contribution in [1.82, 2.24) is 15.2 Å². The van der Waals surface area contributed by atoms with Gasteiger partial charge in [-0.25, -0.2) is 4.98 Å². The van der Waals surface area contributed by atoms with E-state index >= 15 is 0 Å². The number of rotatable bonds is 5. The van der Waals surface area contributed by atoms with Crippen molar-refractivity contribution in [2.24, 2.45) is 5.92 Å². The molecule has 3 aromatic rings. The molecule has 1 atom stereocenters. The Hall–Kier alpha value is -3.52. The number of aliphatic hydroxyl groups is 1. The van der Waals surface area contributed by atoms with Gasteiger partial charge in [-0.3, -0.25) is 14.9 Å². The first-order valence-corrected chi connectivity index (χ1v) is 12.1. The van der Waals surface area contributed by atoms with Crippen LogP contribution in [0.4, 0.5) is 10.8 Å². The van der Waals surface area contributed by atoms with E-state index in [-0.39, 0.29) is 11.1 Å². The third-order valence-electron chi connectivity index (χ3n) is 5.69. The summed E-state index contributed by atoms with van der Waals surface area (Å²) < 4.78 is 5.46. The quantitative estimate of drug-likeness (QED) is 0.400. The number of methoxy groups -OCH3 is 1. The van der Waals surface area contributed by atoms with E-state index in [1.54, 1.807) is 24.3 Å². The topological polar surface area (TPSA) is 118 Å². The van der Waals surface area contributed by atoms with E-state index in [0.717, 1.165) is 12.8 Å². The van der Waals surface area contributed by atoms with Gasteiger partial charge in [0.15, 0.2) is 5.01 Å². The number of ether oxygens (including phenoxy) is 1. The summed E-state index contributed by atoms with van der Waals surface area (Å²) in [5.74, 6) is 6.14. The zero-order chi connectivity index (χ0) is 24.5. The van der Waals surface area contributed by atoms with Gasteiger partial charge in [-0.1, -0.05) is 28.9 Å². The Morgan fingerprint density at radius 1 is 1.26 bits per heavy atom. The predicted octanol–water partition coefficient (Wildman–Crippen LogP) is 3.37. The number of hydrogen-bond acceptors (Lipinski definition) is 8. The van der Waals surface area contributed by atoms with Gasteiger partial charge in [0, 0.05) is 41.3 Å². The number of aromatic nitrogens is 3. The number of nitrogens with one attached hydrogen (secondary N) is 1. The number of benzene rings is 1. The molecule has 2 N–H and O–H groups in total. The largest absolute Gasteiger partial charge is 0.494 e. The van der Waals surface area contributed by atoms with Crippen LogP contribution < -0.4 is 15.0 Å². The molecule has 2 aromatic heterocycles. The summed E-state index contributed by atoms with van der Waals surface area (Å²) in [6.45, 7) is 0.370. The van der Waals surface area contributed by atoms with Crippen LogP contribution in [0.5, 0.6) is 5.75 Å². The molecule has 5 rings (SSSR count). The molecule has 0 bridgehead atoms. The Morgan fingerprint density at radius 3 is 2.80 bits per heavy atom. The normalized spacial score (nSPS) is 17.2. The monoisotopic (exact) mass is 509 g/mol. The molecule has 1 aliphatic carbocycles. The second-order valence-corrected chi connectivity index (χ2v) is 9.51. The molecular weight excluding hydrogens is 490 g/mol. The number of aliphatic hydroxyl groups excluding tert-OH is 1. The maximum Gasteiger partial charge on any atom is 0.258 e. The van der Waals surface area contributed by atoms with Gasteiger partial charge in [-0.2, -0.15) is 0 Å². The van der Waals surface area contributed by atoms with Crippen molar-refractivity contribution in [2.75, 3.05) is 23.9 Å². The van der Waals surface area contributed by atoms with Gasteiger partial charge in [0.05, 0.1) is 13.3 Å². The maximum atomic E-state index is 13.3. The number of pyridine rings is 1. The third-order valence-corrected chi connectivity index (χ3v) is 6.65. The zero-order valence-electron chi connectivity index (χ0n) is 18.6. The number of carbonyl (C=O) groups excluding carboxylic acids is 2. The van der Waals surface area contributed by atoms with Crippen molar-refractivity contribution in [3.8, 4) is 28.7 Å².